The Morgan fingerprint density at radius 2 is 2.21 bits per heavy atom. The lowest BCUT2D eigenvalue weighted by atomic mass is 9.99. The average molecular weight is 226 g/mol. The summed E-state index contributed by atoms with van der Waals surface area (Å²) >= 11 is 7.36. The number of benzene rings is 1. The fourth-order valence-corrected chi connectivity index (χ4v) is 2.20. The molecule has 0 N–H and O–H groups in total. The van der Waals surface area contributed by atoms with Crippen LogP contribution in [0, 0.1) is 10.7 Å². The average Bonchev–Trinajstić information content (AvgIpc) is 2.18. The maximum atomic E-state index is 8.39. The van der Waals surface area contributed by atoms with Crippen LogP contribution >= 0.6 is 23.4 Å². The smallest absolute Gasteiger partial charge is 0.133 e. The van der Waals surface area contributed by atoms with Crippen LogP contribution in [0.5, 0.6) is 0 Å². The molecule has 0 saturated heterocycles. The van der Waals surface area contributed by atoms with Crippen molar-refractivity contribution >= 4 is 23.4 Å². The van der Waals surface area contributed by atoms with Gasteiger partial charge in [0.2, 0.25) is 0 Å². The van der Waals surface area contributed by atoms with Gasteiger partial charge in [0.1, 0.15) is 5.40 Å². The van der Waals surface area contributed by atoms with Crippen LogP contribution in [0.2, 0.25) is 5.02 Å². The fraction of sp³-hybridized carbons (Fsp3) is 0.364. The van der Waals surface area contributed by atoms with Gasteiger partial charge in [-0.05, 0) is 35.7 Å². The first-order valence-electron chi connectivity index (χ1n) is 4.51. The molecular formula is C11H12ClNS. The van der Waals surface area contributed by atoms with Gasteiger partial charge < -0.3 is 0 Å². The summed E-state index contributed by atoms with van der Waals surface area (Å²) in [5.74, 6) is 1.28. The number of thiocyanates is 1. The highest BCUT2D eigenvalue weighted by atomic mass is 35.5. The van der Waals surface area contributed by atoms with Gasteiger partial charge in [-0.25, -0.2) is 0 Å². The second-order valence-electron chi connectivity index (χ2n) is 3.15. The first-order chi connectivity index (χ1) is 6.75. The Kier molecular flexibility index (Phi) is 4.86. The van der Waals surface area contributed by atoms with Crippen LogP contribution in [0.4, 0.5) is 0 Å². The molecule has 0 aliphatic carbocycles. The summed E-state index contributed by atoms with van der Waals surface area (Å²) in [7, 11) is 0. The van der Waals surface area contributed by atoms with E-state index >= 15 is 0 Å². The van der Waals surface area contributed by atoms with Gasteiger partial charge in [-0.2, -0.15) is 5.26 Å². The molecule has 1 aromatic rings. The molecule has 74 valence electrons. The number of nitriles is 1. The van der Waals surface area contributed by atoms with Gasteiger partial charge in [0.25, 0.3) is 0 Å². The van der Waals surface area contributed by atoms with Crippen LogP contribution in [0.3, 0.4) is 0 Å². The van der Waals surface area contributed by atoms with Crippen molar-refractivity contribution in [3.05, 3.63) is 34.9 Å². The van der Waals surface area contributed by atoms with Crippen LogP contribution in [0.15, 0.2) is 24.3 Å². The van der Waals surface area contributed by atoms with Gasteiger partial charge in [-0.3, -0.25) is 0 Å². The minimum absolute atomic E-state index is 0.421. The van der Waals surface area contributed by atoms with E-state index in [1.165, 1.54) is 17.3 Å². The first-order valence-corrected chi connectivity index (χ1v) is 5.87. The summed E-state index contributed by atoms with van der Waals surface area (Å²) in [6, 6.07) is 7.88. The number of rotatable bonds is 4. The van der Waals surface area contributed by atoms with Crippen molar-refractivity contribution in [2.45, 2.75) is 19.3 Å². The Hall–Kier alpha value is -0.650. The molecule has 1 atom stereocenters. The van der Waals surface area contributed by atoms with E-state index in [4.69, 9.17) is 16.9 Å². The molecule has 0 aliphatic heterocycles. The zero-order chi connectivity index (χ0) is 10.4. The predicted molar refractivity (Wildman–Crippen MR) is 62.6 cm³/mol. The van der Waals surface area contributed by atoms with Crippen molar-refractivity contribution in [3.8, 4) is 5.40 Å². The largest absolute Gasteiger partial charge is 0.185 e. The lowest BCUT2D eigenvalue weighted by Crippen LogP contribution is -1.95. The topological polar surface area (TPSA) is 23.8 Å². The number of nitrogens with zero attached hydrogens (tertiary/aromatic N) is 1. The van der Waals surface area contributed by atoms with E-state index in [-0.39, 0.29) is 0 Å². The molecule has 0 aliphatic rings. The minimum Gasteiger partial charge on any atom is -0.185 e. The van der Waals surface area contributed by atoms with Gasteiger partial charge >= 0.3 is 0 Å². The fourth-order valence-electron chi connectivity index (χ4n) is 1.31. The maximum absolute atomic E-state index is 8.39. The van der Waals surface area contributed by atoms with Crippen molar-refractivity contribution in [2.24, 2.45) is 0 Å². The van der Waals surface area contributed by atoms with Crippen LogP contribution in [0.25, 0.3) is 0 Å². The van der Waals surface area contributed by atoms with Crippen LogP contribution in [0.1, 0.15) is 24.8 Å². The standard InChI is InChI=1S/C11H12ClNS/c1-9(6-7-14-8-13)10-4-2-3-5-11(10)12/h2-5,9H,6-7H2,1H3. The molecular weight excluding hydrogens is 214 g/mol. The van der Waals surface area contributed by atoms with Gasteiger partial charge in [-0.1, -0.05) is 36.7 Å². The van der Waals surface area contributed by atoms with E-state index in [1.807, 2.05) is 24.3 Å². The maximum Gasteiger partial charge on any atom is 0.133 e. The van der Waals surface area contributed by atoms with E-state index in [9.17, 15) is 0 Å². The molecule has 0 amide bonds. The van der Waals surface area contributed by atoms with Gasteiger partial charge in [0, 0.05) is 10.8 Å². The summed E-state index contributed by atoms with van der Waals surface area (Å²) in [6.07, 6.45) is 0.988. The quantitative estimate of drug-likeness (QED) is 0.570. The van der Waals surface area contributed by atoms with Crippen molar-refractivity contribution in [3.63, 3.8) is 0 Å². The number of hydrogen-bond donors (Lipinski definition) is 0. The molecule has 1 nitrogen and oxygen atoms in total. The third-order valence-corrected chi connectivity index (χ3v) is 3.07. The van der Waals surface area contributed by atoms with E-state index < -0.39 is 0 Å². The van der Waals surface area contributed by atoms with E-state index in [0.717, 1.165) is 17.2 Å². The van der Waals surface area contributed by atoms with Gasteiger partial charge in [0.15, 0.2) is 0 Å². The number of hydrogen-bond acceptors (Lipinski definition) is 2. The summed E-state index contributed by atoms with van der Waals surface area (Å²) in [5.41, 5.74) is 1.17. The molecule has 1 unspecified atom stereocenters. The van der Waals surface area contributed by atoms with Crippen LogP contribution in [-0.2, 0) is 0 Å². The number of halogens is 1. The lowest BCUT2D eigenvalue weighted by molar-refractivity contribution is 0.742. The molecule has 0 aromatic heterocycles. The molecule has 14 heavy (non-hydrogen) atoms. The van der Waals surface area contributed by atoms with Gasteiger partial charge in [-0.15, -0.1) is 0 Å². The summed E-state index contributed by atoms with van der Waals surface area (Å²) < 4.78 is 0. The summed E-state index contributed by atoms with van der Waals surface area (Å²) in [6.45, 7) is 2.14. The lowest BCUT2D eigenvalue weighted by Gasteiger charge is -2.11. The normalized spacial score (nSPS) is 12.1. The monoisotopic (exact) mass is 225 g/mol. The number of thioether (sulfide) groups is 1. The van der Waals surface area contributed by atoms with Crippen molar-refractivity contribution < 1.29 is 0 Å². The minimum atomic E-state index is 0.421. The first kappa shape index (κ1) is 11.4. The molecule has 1 aromatic carbocycles. The third-order valence-electron chi connectivity index (χ3n) is 2.15. The second kappa shape index (κ2) is 5.95. The Morgan fingerprint density at radius 1 is 1.50 bits per heavy atom. The highest BCUT2D eigenvalue weighted by Gasteiger charge is 2.08. The van der Waals surface area contributed by atoms with Crippen molar-refractivity contribution in [2.75, 3.05) is 5.75 Å². The van der Waals surface area contributed by atoms with E-state index in [2.05, 4.69) is 12.3 Å². The predicted octanol–water partition coefficient (Wildman–Crippen LogP) is 4.05. The summed E-state index contributed by atoms with van der Waals surface area (Å²) in [4.78, 5) is 0. The molecule has 0 heterocycles. The van der Waals surface area contributed by atoms with E-state index in [1.54, 1.807) is 0 Å². The molecule has 0 spiro atoms. The highest BCUT2D eigenvalue weighted by molar-refractivity contribution is 8.03. The second-order valence-corrected chi connectivity index (χ2v) is 4.44. The van der Waals surface area contributed by atoms with E-state index in [0.29, 0.717) is 5.92 Å². The Morgan fingerprint density at radius 3 is 2.86 bits per heavy atom. The zero-order valence-corrected chi connectivity index (χ0v) is 9.61. The van der Waals surface area contributed by atoms with Crippen molar-refractivity contribution in [1.29, 1.82) is 5.26 Å². The van der Waals surface area contributed by atoms with Gasteiger partial charge in [0.05, 0.1) is 0 Å². The molecule has 0 radical (unpaired) electrons. The molecule has 3 heteroatoms. The third kappa shape index (κ3) is 3.25. The zero-order valence-electron chi connectivity index (χ0n) is 8.03. The molecule has 0 fully saturated rings. The Balaban J connectivity index is 2.57. The Labute approximate surface area is 94.1 Å². The summed E-state index contributed by atoms with van der Waals surface area (Å²) in [5, 5.41) is 11.3. The van der Waals surface area contributed by atoms with Crippen LogP contribution in [-0.4, -0.2) is 5.75 Å². The van der Waals surface area contributed by atoms with Crippen LogP contribution < -0.4 is 0 Å². The van der Waals surface area contributed by atoms with Crippen molar-refractivity contribution in [1.82, 2.24) is 0 Å². The molecule has 0 bridgehead atoms. The highest BCUT2D eigenvalue weighted by Crippen LogP contribution is 2.27. The Bertz CT molecular complexity index is 332. The molecule has 1 rings (SSSR count). The SMILES string of the molecule is CC(CCSC#N)c1ccccc1Cl. The molecule has 0 saturated carbocycles.